The molecule has 0 unspecified atom stereocenters. The van der Waals surface area contributed by atoms with Crippen LogP contribution in [0.5, 0.6) is 5.75 Å². The second-order valence-electron chi connectivity index (χ2n) is 8.48. The van der Waals surface area contributed by atoms with Crippen molar-refractivity contribution < 1.29 is 18.7 Å². The van der Waals surface area contributed by atoms with Crippen molar-refractivity contribution in [1.29, 1.82) is 0 Å². The Labute approximate surface area is 198 Å². The Kier molecular flexibility index (Phi) is 6.08. The summed E-state index contributed by atoms with van der Waals surface area (Å²) in [7, 11) is 1.62. The average Bonchev–Trinajstić information content (AvgIpc) is 3.35. The van der Waals surface area contributed by atoms with E-state index in [-0.39, 0.29) is 18.2 Å². The normalized spacial score (nSPS) is 17.4. The van der Waals surface area contributed by atoms with Crippen molar-refractivity contribution in [1.82, 2.24) is 5.32 Å². The quantitative estimate of drug-likeness (QED) is 0.564. The fourth-order valence-corrected chi connectivity index (χ4v) is 4.67. The van der Waals surface area contributed by atoms with E-state index < -0.39 is 6.04 Å². The van der Waals surface area contributed by atoms with Crippen LogP contribution in [0.4, 0.5) is 11.4 Å². The number of anilines is 2. The molecule has 7 heteroatoms. The van der Waals surface area contributed by atoms with Crippen molar-refractivity contribution in [3.63, 3.8) is 0 Å². The van der Waals surface area contributed by atoms with E-state index in [2.05, 4.69) is 10.6 Å². The second-order valence-corrected chi connectivity index (χ2v) is 8.48. The van der Waals surface area contributed by atoms with E-state index in [4.69, 9.17) is 9.15 Å². The molecule has 1 amide bonds. The first-order valence-electron chi connectivity index (χ1n) is 11.5. The molecule has 2 heterocycles. The molecule has 1 aromatic heterocycles. The van der Waals surface area contributed by atoms with Gasteiger partial charge in [-0.1, -0.05) is 24.3 Å². The summed E-state index contributed by atoms with van der Waals surface area (Å²) in [5.41, 5.74) is 4.29. The average molecular weight is 458 g/mol. The number of methoxy groups -OCH3 is 1. The minimum Gasteiger partial charge on any atom is -0.497 e. The van der Waals surface area contributed by atoms with Gasteiger partial charge in [0.2, 0.25) is 5.91 Å². The van der Waals surface area contributed by atoms with Crippen molar-refractivity contribution in [2.45, 2.75) is 31.8 Å². The van der Waals surface area contributed by atoms with Crippen LogP contribution in [0.2, 0.25) is 0 Å². The third-order valence-corrected chi connectivity index (χ3v) is 6.32. The minimum absolute atomic E-state index is 0.0737. The van der Waals surface area contributed by atoms with E-state index in [9.17, 15) is 9.59 Å². The number of nitrogens with zero attached hydrogens (tertiary/aromatic N) is 1. The largest absolute Gasteiger partial charge is 0.497 e. The number of rotatable bonds is 6. The van der Waals surface area contributed by atoms with Crippen molar-refractivity contribution >= 4 is 23.1 Å². The van der Waals surface area contributed by atoms with Gasteiger partial charge in [-0.05, 0) is 54.8 Å². The number of amides is 1. The minimum atomic E-state index is -0.485. The van der Waals surface area contributed by atoms with E-state index >= 15 is 0 Å². The zero-order valence-electron chi connectivity index (χ0n) is 19.0. The number of furan rings is 1. The van der Waals surface area contributed by atoms with Gasteiger partial charge in [-0.25, -0.2) is 0 Å². The van der Waals surface area contributed by atoms with Crippen LogP contribution in [0.1, 0.15) is 36.6 Å². The smallest absolute Gasteiger partial charge is 0.239 e. The van der Waals surface area contributed by atoms with E-state index in [1.54, 1.807) is 13.4 Å². The maximum atomic E-state index is 13.2. The maximum absolute atomic E-state index is 13.2. The fourth-order valence-electron chi connectivity index (χ4n) is 4.67. The molecule has 174 valence electrons. The SMILES string of the molecule is COc1ccc(CNC(=O)CN2c3ccccc3NC3=C(C(=O)CCC3)[C@H]2c2ccco2)cc1. The summed E-state index contributed by atoms with van der Waals surface area (Å²) in [6.07, 6.45) is 3.69. The highest BCUT2D eigenvalue weighted by molar-refractivity contribution is 6.01. The first-order chi connectivity index (χ1) is 16.6. The summed E-state index contributed by atoms with van der Waals surface area (Å²) in [4.78, 5) is 28.3. The predicted octanol–water partition coefficient (Wildman–Crippen LogP) is 4.58. The summed E-state index contributed by atoms with van der Waals surface area (Å²) in [6.45, 7) is 0.471. The van der Waals surface area contributed by atoms with Crippen molar-refractivity contribution in [2.24, 2.45) is 0 Å². The standard InChI is InChI=1S/C27H27N3O4/c1-33-19-13-11-18(12-14-19)16-28-25(32)17-30-22-8-3-2-6-20(22)29-21-7-4-9-23(31)26(21)27(30)24-10-5-15-34-24/h2-3,5-6,8,10-15,27,29H,4,7,9,16-17H2,1H3,(H,28,32)/t27-/m1/s1. The van der Waals surface area contributed by atoms with Crippen LogP contribution in [0, 0.1) is 0 Å². The van der Waals surface area contributed by atoms with Crippen LogP contribution >= 0.6 is 0 Å². The Morgan fingerprint density at radius 2 is 1.94 bits per heavy atom. The molecular weight excluding hydrogens is 430 g/mol. The number of Topliss-reactive ketones (excluding diaryl/α,β-unsaturated/α-hetero) is 1. The molecule has 3 aromatic rings. The molecule has 7 nitrogen and oxygen atoms in total. The van der Waals surface area contributed by atoms with Gasteiger partial charge in [0.05, 0.1) is 31.3 Å². The lowest BCUT2D eigenvalue weighted by molar-refractivity contribution is -0.120. The first kappa shape index (κ1) is 21.8. The van der Waals surface area contributed by atoms with Gasteiger partial charge in [-0.15, -0.1) is 0 Å². The summed E-state index contributed by atoms with van der Waals surface area (Å²) in [5, 5.41) is 6.50. The van der Waals surface area contributed by atoms with Gasteiger partial charge in [0.25, 0.3) is 0 Å². The molecule has 0 saturated heterocycles. The van der Waals surface area contributed by atoms with Crippen molar-refractivity contribution in [3.05, 3.63) is 89.5 Å². The summed E-state index contributed by atoms with van der Waals surface area (Å²) in [5.74, 6) is 1.36. The van der Waals surface area contributed by atoms with Gasteiger partial charge in [-0.3, -0.25) is 9.59 Å². The fraction of sp³-hybridized carbons (Fsp3) is 0.259. The van der Waals surface area contributed by atoms with Crippen molar-refractivity contribution in [3.8, 4) is 5.75 Å². The molecule has 0 saturated carbocycles. The highest BCUT2D eigenvalue weighted by Crippen LogP contribution is 2.44. The molecule has 0 fully saturated rings. The third-order valence-electron chi connectivity index (χ3n) is 6.32. The lowest BCUT2D eigenvalue weighted by Gasteiger charge is -2.33. The molecule has 1 aliphatic heterocycles. The van der Waals surface area contributed by atoms with Crippen LogP contribution < -0.4 is 20.3 Å². The number of para-hydroxylation sites is 2. The highest BCUT2D eigenvalue weighted by atomic mass is 16.5. The summed E-state index contributed by atoms with van der Waals surface area (Å²) in [6, 6.07) is 18.6. The molecule has 0 bridgehead atoms. The Bertz CT molecular complexity index is 1210. The number of carbonyl (C=O) groups excluding carboxylic acids is 2. The first-order valence-corrected chi connectivity index (χ1v) is 11.5. The number of hydrogen-bond acceptors (Lipinski definition) is 6. The van der Waals surface area contributed by atoms with Gasteiger partial charge in [0.1, 0.15) is 17.6 Å². The number of ether oxygens (including phenoxy) is 1. The molecule has 1 aliphatic carbocycles. The molecule has 2 aromatic carbocycles. The molecule has 1 atom stereocenters. The van der Waals surface area contributed by atoms with E-state index in [1.165, 1.54) is 0 Å². The Morgan fingerprint density at radius 3 is 2.71 bits per heavy atom. The van der Waals surface area contributed by atoms with Crippen LogP contribution in [0.15, 0.2) is 82.6 Å². The van der Waals surface area contributed by atoms with Crippen LogP contribution in [-0.4, -0.2) is 25.3 Å². The van der Waals surface area contributed by atoms with Crippen molar-refractivity contribution in [2.75, 3.05) is 23.9 Å². The number of allylic oxidation sites excluding steroid dienone is 1. The van der Waals surface area contributed by atoms with Crippen LogP contribution in [-0.2, 0) is 16.1 Å². The third kappa shape index (κ3) is 4.29. The number of hydrogen-bond donors (Lipinski definition) is 2. The molecule has 0 radical (unpaired) electrons. The predicted molar refractivity (Wildman–Crippen MR) is 130 cm³/mol. The Morgan fingerprint density at radius 1 is 1.12 bits per heavy atom. The molecule has 34 heavy (non-hydrogen) atoms. The zero-order valence-corrected chi connectivity index (χ0v) is 19.0. The second kappa shape index (κ2) is 9.47. The number of benzene rings is 2. The van der Waals surface area contributed by atoms with E-state index in [0.717, 1.165) is 41.2 Å². The monoisotopic (exact) mass is 457 g/mol. The number of fused-ring (bicyclic) bond motifs is 1. The van der Waals surface area contributed by atoms with Crippen LogP contribution in [0.25, 0.3) is 0 Å². The molecule has 0 spiro atoms. The summed E-state index contributed by atoms with van der Waals surface area (Å²) < 4.78 is 11.0. The lowest BCUT2D eigenvalue weighted by Crippen LogP contribution is -2.41. The van der Waals surface area contributed by atoms with Gasteiger partial charge in [-0.2, -0.15) is 0 Å². The van der Waals surface area contributed by atoms with Gasteiger partial charge < -0.3 is 24.7 Å². The molecule has 2 aliphatic rings. The molecule has 2 N–H and O–H groups in total. The molecular formula is C27H27N3O4. The van der Waals surface area contributed by atoms with Gasteiger partial charge in [0, 0.05) is 24.2 Å². The number of carbonyl (C=O) groups is 2. The van der Waals surface area contributed by atoms with Crippen LogP contribution in [0.3, 0.4) is 0 Å². The van der Waals surface area contributed by atoms with Gasteiger partial charge in [0.15, 0.2) is 5.78 Å². The highest BCUT2D eigenvalue weighted by Gasteiger charge is 2.38. The maximum Gasteiger partial charge on any atom is 0.239 e. The zero-order chi connectivity index (χ0) is 23.5. The Balaban J connectivity index is 1.47. The lowest BCUT2D eigenvalue weighted by atomic mass is 9.88. The topological polar surface area (TPSA) is 83.8 Å². The number of ketones is 1. The molecule has 5 rings (SSSR count). The van der Waals surface area contributed by atoms with E-state index in [0.29, 0.717) is 24.3 Å². The number of nitrogens with one attached hydrogen (secondary N) is 2. The van der Waals surface area contributed by atoms with E-state index in [1.807, 2.05) is 65.6 Å². The van der Waals surface area contributed by atoms with Gasteiger partial charge >= 0.3 is 0 Å². The Hall–Kier alpha value is -4.00. The summed E-state index contributed by atoms with van der Waals surface area (Å²) >= 11 is 0.